The number of hydrogen-bond donors (Lipinski definition) is 1. The third-order valence-electron chi connectivity index (χ3n) is 4.13. The lowest BCUT2D eigenvalue weighted by Gasteiger charge is -2.29. The molecule has 0 spiro atoms. The van der Waals surface area contributed by atoms with Crippen LogP contribution >= 0.6 is 0 Å². The molecule has 2 aromatic rings. The Labute approximate surface area is 111 Å². The number of para-hydroxylation sites is 1. The minimum absolute atomic E-state index is 0.276. The van der Waals surface area contributed by atoms with E-state index in [0.29, 0.717) is 6.61 Å². The van der Waals surface area contributed by atoms with Crippen LogP contribution in [0.1, 0.15) is 29.7 Å². The van der Waals surface area contributed by atoms with E-state index >= 15 is 0 Å². The van der Waals surface area contributed by atoms with Crippen molar-refractivity contribution in [2.75, 3.05) is 0 Å². The lowest BCUT2D eigenvalue weighted by atomic mass is 9.81. The van der Waals surface area contributed by atoms with E-state index in [-0.39, 0.29) is 5.92 Å². The van der Waals surface area contributed by atoms with Crippen LogP contribution in [0.3, 0.4) is 0 Å². The summed E-state index contributed by atoms with van der Waals surface area (Å²) in [4.78, 5) is 4.38. The molecule has 1 N–H and O–H groups in total. The van der Waals surface area contributed by atoms with Gasteiger partial charge in [0.15, 0.2) is 0 Å². The number of pyridine rings is 1. The van der Waals surface area contributed by atoms with Crippen LogP contribution in [0.5, 0.6) is 5.75 Å². The molecule has 0 bridgehead atoms. The van der Waals surface area contributed by atoms with Crippen molar-refractivity contribution < 1.29 is 9.84 Å². The number of aromatic nitrogens is 1. The Morgan fingerprint density at radius 2 is 1.89 bits per heavy atom. The van der Waals surface area contributed by atoms with Crippen molar-refractivity contribution >= 4 is 0 Å². The number of ether oxygens (including phenoxy) is 1. The van der Waals surface area contributed by atoms with Crippen molar-refractivity contribution in [3.05, 3.63) is 59.4 Å². The summed E-state index contributed by atoms with van der Waals surface area (Å²) in [6, 6.07) is 11.7. The number of fused-ring (bicyclic) bond motifs is 2. The Balaban J connectivity index is 2.01. The van der Waals surface area contributed by atoms with E-state index in [1.54, 1.807) is 6.20 Å². The summed E-state index contributed by atoms with van der Waals surface area (Å²) < 4.78 is 5.83. The molecule has 1 aliphatic carbocycles. The summed E-state index contributed by atoms with van der Waals surface area (Å²) in [5.41, 5.74) is 1.68. The van der Waals surface area contributed by atoms with Crippen molar-refractivity contribution in [3.8, 4) is 5.75 Å². The van der Waals surface area contributed by atoms with Gasteiger partial charge in [-0.15, -0.1) is 0 Å². The maximum atomic E-state index is 11.4. The number of rotatable bonds is 1. The fraction of sp³-hybridized carbons (Fsp3) is 0.312. The molecule has 3 nitrogen and oxygen atoms in total. The summed E-state index contributed by atoms with van der Waals surface area (Å²) in [7, 11) is 0. The topological polar surface area (TPSA) is 42.4 Å². The fourth-order valence-corrected chi connectivity index (χ4v) is 3.04. The molecular weight excluding hydrogens is 238 g/mol. The van der Waals surface area contributed by atoms with Gasteiger partial charge in [0.1, 0.15) is 18.0 Å². The standard InChI is InChI=1S/C16H15NO2/c18-16(11-7-8-11)12-5-3-9-17-14(12)10-19-15-6-2-1-4-13(15)16/h1-6,9,11,18H,7-8,10H2. The Bertz CT molecular complexity index is 587. The second-order valence-electron chi connectivity index (χ2n) is 5.32. The van der Waals surface area contributed by atoms with E-state index < -0.39 is 5.60 Å². The van der Waals surface area contributed by atoms with Gasteiger partial charge in [-0.25, -0.2) is 0 Å². The zero-order valence-electron chi connectivity index (χ0n) is 10.5. The van der Waals surface area contributed by atoms with Crippen LogP contribution in [-0.4, -0.2) is 10.1 Å². The molecular formula is C16H15NO2. The average molecular weight is 253 g/mol. The highest BCUT2D eigenvalue weighted by molar-refractivity contribution is 5.49. The van der Waals surface area contributed by atoms with Gasteiger partial charge >= 0.3 is 0 Å². The van der Waals surface area contributed by atoms with E-state index in [1.165, 1.54) is 0 Å². The SMILES string of the molecule is OC1(C2CC2)c2ccccc2OCc2ncccc21. The van der Waals surface area contributed by atoms with Gasteiger partial charge in [-0.1, -0.05) is 24.3 Å². The van der Waals surface area contributed by atoms with Gasteiger partial charge < -0.3 is 9.84 Å². The largest absolute Gasteiger partial charge is 0.487 e. The highest BCUT2D eigenvalue weighted by Crippen LogP contribution is 2.53. The molecule has 19 heavy (non-hydrogen) atoms. The molecule has 0 amide bonds. The summed E-state index contributed by atoms with van der Waals surface area (Å²) >= 11 is 0. The van der Waals surface area contributed by atoms with Gasteiger partial charge in [-0.05, 0) is 30.9 Å². The number of nitrogens with zero attached hydrogens (tertiary/aromatic N) is 1. The third kappa shape index (κ3) is 1.51. The summed E-state index contributed by atoms with van der Waals surface area (Å²) in [6.07, 6.45) is 3.86. The predicted molar refractivity (Wildman–Crippen MR) is 70.7 cm³/mol. The smallest absolute Gasteiger partial charge is 0.131 e. The second-order valence-corrected chi connectivity index (χ2v) is 5.32. The first-order chi connectivity index (χ1) is 9.30. The van der Waals surface area contributed by atoms with Crippen LogP contribution in [0, 0.1) is 5.92 Å². The lowest BCUT2D eigenvalue weighted by Crippen LogP contribution is -2.30. The summed E-state index contributed by atoms with van der Waals surface area (Å²) in [5.74, 6) is 1.05. The van der Waals surface area contributed by atoms with Crippen LogP contribution in [0.15, 0.2) is 42.6 Å². The number of aliphatic hydroxyl groups is 1. The highest BCUT2D eigenvalue weighted by atomic mass is 16.5. The fourth-order valence-electron chi connectivity index (χ4n) is 3.04. The van der Waals surface area contributed by atoms with E-state index in [9.17, 15) is 5.11 Å². The van der Waals surface area contributed by atoms with Gasteiger partial charge in [-0.3, -0.25) is 4.98 Å². The average Bonchev–Trinajstić information content (AvgIpc) is 3.29. The van der Waals surface area contributed by atoms with Crippen molar-refractivity contribution in [1.82, 2.24) is 4.98 Å². The Morgan fingerprint density at radius 3 is 2.74 bits per heavy atom. The molecule has 1 aromatic heterocycles. The van der Waals surface area contributed by atoms with Crippen molar-refractivity contribution in [2.45, 2.75) is 25.0 Å². The summed E-state index contributed by atoms with van der Waals surface area (Å²) in [5, 5.41) is 11.4. The van der Waals surface area contributed by atoms with Crippen LogP contribution in [0.4, 0.5) is 0 Å². The van der Waals surface area contributed by atoms with Gasteiger partial charge in [-0.2, -0.15) is 0 Å². The third-order valence-corrected chi connectivity index (χ3v) is 4.13. The molecule has 4 rings (SSSR count). The van der Waals surface area contributed by atoms with E-state index in [2.05, 4.69) is 4.98 Å². The molecule has 1 saturated carbocycles. The molecule has 3 heteroatoms. The Morgan fingerprint density at radius 1 is 1.11 bits per heavy atom. The summed E-state index contributed by atoms with van der Waals surface area (Å²) in [6.45, 7) is 0.419. The quantitative estimate of drug-likeness (QED) is 0.849. The van der Waals surface area contributed by atoms with E-state index in [1.807, 2.05) is 36.4 Å². The van der Waals surface area contributed by atoms with Crippen molar-refractivity contribution in [3.63, 3.8) is 0 Å². The number of hydrogen-bond acceptors (Lipinski definition) is 3. The second kappa shape index (κ2) is 3.81. The van der Waals surface area contributed by atoms with Crippen LogP contribution in [0.2, 0.25) is 0 Å². The monoisotopic (exact) mass is 253 g/mol. The molecule has 2 heterocycles. The molecule has 1 atom stereocenters. The Kier molecular flexibility index (Phi) is 2.21. The maximum absolute atomic E-state index is 11.4. The maximum Gasteiger partial charge on any atom is 0.131 e. The zero-order chi connectivity index (χ0) is 12.9. The van der Waals surface area contributed by atoms with Gasteiger partial charge in [0.25, 0.3) is 0 Å². The van der Waals surface area contributed by atoms with Gasteiger partial charge in [0.2, 0.25) is 0 Å². The van der Waals surface area contributed by atoms with Gasteiger partial charge in [0.05, 0.1) is 5.69 Å². The highest BCUT2D eigenvalue weighted by Gasteiger charge is 2.50. The number of benzene rings is 1. The molecule has 0 radical (unpaired) electrons. The zero-order valence-corrected chi connectivity index (χ0v) is 10.5. The van der Waals surface area contributed by atoms with Crippen LogP contribution in [-0.2, 0) is 12.2 Å². The van der Waals surface area contributed by atoms with Crippen molar-refractivity contribution in [2.24, 2.45) is 5.92 Å². The molecule has 1 aromatic carbocycles. The molecule has 0 saturated heterocycles. The van der Waals surface area contributed by atoms with Crippen LogP contribution < -0.4 is 4.74 Å². The van der Waals surface area contributed by atoms with E-state index in [4.69, 9.17) is 4.74 Å². The first-order valence-corrected chi connectivity index (χ1v) is 6.69. The molecule has 1 unspecified atom stereocenters. The van der Waals surface area contributed by atoms with Crippen LogP contribution in [0.25, 0.3) is 0 Å². The lowest BCUT2D eigenvalue weighted by molar-refractivity contribution is 0.0555. The predicted octanol–water partition coefficient (Wildman–Crippen LogP) is 2.62. The van der Waals surface area contributed by atoms with Gasteiger partial charge in [0, 0.05) is 17.3 Å². The normalized spacial score (nSPS) is 24.9. The Hall–Kier alpha value is -1.87. The first kappa shape index (κ1) is 11.0. The molecule has 1 fully saturated rings. The minimum Gasteiger partial charge on any atom is -0.487 e. The van der Waals surface area contributed by atoms with E-state index in [0.717, 1.165) is 35.4 Å². The molecule has 96 valence electrons. The molecule has 1 aliphatic heterocycles. The first-order valence-electron chi connectivity index (χ1n) is 6.69. The molecule has 2 aliphatic rings. The minimum atomic E-state index is -0.948. The van der Waals surface area contributed by atoms with Crippen molar-refractivity contribution in [1.29, 1.82) is 0 Å².